The van der Waals surface area contributed by atoms with Gasteiger partial charge in [0.15, 0.2) is 0 Å². The molecule has 0 N–H and O–H groups in total. The summed E-state index contributed by atoms with van der Waals surface area (Å²) in [5.74, 6) is 1.19. The number of Topliss-reactive ketones (excluding diaryl/α,β-unsaturated/α-hetero) is 1. The molecule has 0 saturated heterocycles. The van der Waals surface area contributed by atoms with Crippen molar-refractivity contribution < 1.29 is 9.53 Å². The number of benzene rings is 1. The van der Waals surface area contributed by atoms with Gasteiger partial charge in [0.25, 0.3) is 0 Å². The van der Waals surface area contributed by atoms with Crippen molar-refractivity contribution in [2.24, 2.45) is 0 Å². The number of hydrogen-bond donors (Lipinski definition) is 0. The van der Waals surface area contributed by atoms with Gasteiger partial charge in [0, 0.05) is 12.8 Å². The molecule has 0 spiro atoms. The number of allylic oxidation sites excluding steroid dienone is 5. The molecule has 0 bridgehead atoms. The molecule has 134 valence electrons. The highest BCUT2D eigenvalue weighted by Gasteiger charge is 2.19. The first-order valence-corrected chi connectivity index (χ1v) is 9.07. The van der Waals surface area contributed by atoms with Crippen LogP contribution in [0.2, 0.25) is 0 Å². The quantitative estimate of drug-likeness (QED) is 0.546. The molecule has 2 nitrogen and oxygen atoms in total. The third kappa shape index (κ3) is 5.45. The van der Waals surface area contributed by atoms with E-state index in [1.54, 1.807) is 7.11 Å². The van der Waals surface area contributed by atoms with E-state index in [2.05, 4.69) is 39.5 Å². The van der Waals surface area contributed by atoms with E-state index in [0.29, 0.717) is 18.6 Å². The molecule has 0 heterocycles. The molecule has 1 aromatic carbocycles. The van der Waals surface area contributed by atoms with E-state index < -0.39 is 0 Å². The van der Waals surface area contributed by atoms with Gasteiger partial charge in [-0.05, 0) is 69.7 Å². The number of rotatable bonds is 7. The van der Waals surface area contributed by atoms with E-state index in [1.165, 1.54) is 27.9 Å². The lowest BCUT2D eigenvalue weighted by Crippen LogP contribution is -2.09. The molecule has 25 heavy (non-hydrogen) atoms. The Morgan fingerprint density at radius 2 is 1.80 bits per heavy atom. The number of carbonyl (C=O) groups is 1. The first kappa shape index (κ1) is 19.2. The van der Waals surface area contributed by atoms with Crippen LogP contribution in [0, 0.1) is 0 Å². The largest absolute Gasteiger partial charge is 0.497 e. The second-order valence-electron chi connectivity index (χ2n) is 7.23. The number of carbonyl (C=O) groups excluding carboxylic acids is 1. The number of methoxy groups -OCH3 is 1. The molecular weight excluding hydrogens is 308 g/mol. The Balaban J connectivity index is 2.14. The summed E-state index contributed by atoms with van der Waals surface area (Å²) in [6, 6.07) is 8.07. The van der Waals surface area contributed by atoms with Gasteiger partial charge in [-0.3, -0.25) is 4.79 Å². The maximum atomic E-state index is 12.0. The molecule has 1 aliphatic rings. The van der Waals surface area contributed by atoms with Crippen molar-refractivity contribution in [2.75, 3.05) is 7.11 Å². The fraction of sp³-hybridized carbons (Fsp3) is 0.435. The van der Waals surface area contributed by atoms with Crippen LogP contribution in [0.5, 0.6) is 5.75 Å². The van der Waals surface area contributed by atoms with Crippen molar-refractivity contribution in [3.63, 3.8) is 0 Å². The lowest BCUT2D eigenvalue weighted by molar-refractivity contribution is -0.118. The van der Waals surface area contributed by atoms with Crippen LogP contribution in [0.4, 0.5) is 0 Å². The summed E-state index contributed by atoms with van der Waals surface area (Å²) < 4.78 is 5.24. The molecule has 0 amide bonds. The van der Waals surface area contributed by atoms with Crippen molar-refractivity contribution in [1.29, 1.82) is 0 Å². The van der Waals surface area contributed by atoms with Gasteiger partial charge in [0.1, 0.15) is 11.5 Å². The lowest BCUT2D eigenvalue weighted by Gasteiger charge is -2.21. The number of ether oxygens (including phenoxy) is 1. The molecule has 2 heteroatoms. The highest BCUT2D eigenvalue weighted by atomic mass is 16.5. The molecule has 0 fully saturated rings. The zero-order chi connectivity index (χ0) is 18.4. The predicted molar refractivity (Wildman–Crippen MR) is 106 cm³/mol. The normalized spacial score (nSPS) is 14.5. The molecule has 0 atom stereocenters. The van der Waals surface area contributed by atoms with Gasteiger partial charge in [-0.1, -0.05) is 41.0 Å². The summed E-state index contributed by atoms with van der Waals surface area (Å²) in [5, 5.41) is 0. The third-order valence-corrected chi connectivity index (χ3v) is 5.09. The fourth-order valence-corrected chi connectivity index (χ4v) is 3.19. The van der Waals surface area contributed by atoms with Crippen molar-refractivity contribution in [2.45, 2.75) is 59.3 Å². The molecule has 0 radical (unpaired) electrons. The van der Waals surface area contributed by atoms with Crippen molar-refractivity contribution in [3.8, 4) is 5.75 Å². The van der Waals surface area contributed by atoms with E-state index in [4.69, 9.17) is 4.74 Å². The second kappa shape index (κ2) is 8.84. The van der Waals surface area contributed by atoms with Crippen LogP contribution in [0.3, 0.4) is 0 Å². The van der Waals surface area contributed by atoms with Crippen LogP contribution in [-0.2, 0) is 4.79 Å². The zero-order valence-corrected chi connectivity index (χ0v) is 16.1. The van der Waals surface area contributed by atoms with Crippen molar-refractivity contribution in [3.05, 3.63) is 58.7 Å². The van der Waals surface area contributed by atoms with Gasteiger partial charge in [0.05, 0.1) is 7.11 Å². The van der Waals surface area contributed by atoms with Gasteiger partial charge in [0.2, 0.25) is 0 Å². The lowest BCUT2D eigenvalue weighted by atomic mass is 9.83. The second-order valence-corrected chi connectivity index (χ2v) is 7.23. The van der Waals surface area contributed by atoms with Crippen LogP contribution < -0.4 is 4.74 Å². The standard InChI is InChI=1S/C23H30O2/c1-16(2)18(4)14-17(3)6-7-19-8-11-21(24)15-23(19)20-9-12-22(25-5)13-10-20/h9-10,12-13H,3,6-8,11,14-15H2,1-2,4-5H3. The molecule has 1 aromatic rings. The van der Waals surface area contributed by atoms with E-state index in [9.17, 15) is 4.79 Å². The topological polar surface area (TPSA) is 26.3 Å². The average molecular weight is 338 g/mol. The monoisotopic (exact) mass is 338 g/mol. The molecule has 2 rings (SSSR count). The van der Waals surface area contributed by atoms with Crippen molar-refractivity contribution >= 4 is 11.4 Å². The Bertz CT molecular complexity index is 698. The number of ketones is 1. The van der Waals surface area contributed by atoms with E-state index >= 15 is 0 Å². The predicted octanol–water partition coefficient (Wildman–Crippen LogP) is 6.28. The van der Waals surface area contributed by atoms with E-state index in [0.717, 1.165) is 37.0 Å². The molecule has 0 aromatic heterocycles. The maximum Gasteiger partial charge on any atom is 0.137 e. The minimum atomic E-state index is 0.341. The summed E-state index contributed by atoms with van der Waals surface area (Å²) >= 11 is 0. The van der Waals surface area contributed by atoms with Crippen LogP contribution >= 0.6 is 0 Å². The summed E-state index contributed by atoms with van der Waals surface area (Å²) in [6.45, 7) is 10.7. The minimum absolute atomic E-state index is 0.341. The van der Waals surface area contributed by atoms with Gasteiger partial charge < -0.3 is 4.74 Å². The fourth-order valence-electron chi connectivity index (χ4n) is 3.19. The summed E-state index contributed by atoms with van der Waals surface area (Å²) in [5.41, 5.74) is 7.84. The Labute approximate surface area is 152 Å². The van der Waals surface area contributed by atoms with E-state index in [-0.39, 0.29) is 0 Å². The molecule has 0 aliphatic heterocycles. The first-order valence-electron chi connectivity index (χ1n) is 9.07. The molecule has 1 aliphatic carbocycles. The molecule has 0 saturated carbocycles. The van der Waals surface area contributed by atoms with Gasteiger partial charge in [-0.2, -0.15) is 0 Å². The Morgan fingerprint density at radius 3 is 2.40 bits per heavy atom. The van der Waals surface area contributed by atoms with Crippen LogP contribution in [-0.4, -0.2) is 12.9 Å². The maximum absolute atomic E-state index is 12.0. The zero-order valence-electron chi connectivity index (χ0n) is 16.1. The Hall–Kier alpha value is -2.09. The highest BCUT2D eigenvalue weighted by molar-refractivity contribution is 5.93. The smallest absolute Gasteiger partial charge is 0.137 e. The summed E-state index contributed by atoms with van der Waals surface area (Å²) in [4.78, 5) is 12.0. The van der Waals surface area contributed by atoms with E-state index in [1.807, 2.05) is 12.1 Å². The minimum Gasteiger partial charge on any atom is -0.497 e. The third-order valence-electron chi connectivity index (χ3n) is 5.09. The summed E-state index contributed by atoms with van der Waals surface area (Å²) in [6.07, 6.45) is 5.09. The van der Waals surface area contributed by atoms with Crippen LogP contribution in [0.1, 0.15) is 64.9 Å². The molecular formula is C23H30O2. The Morgan fingerprint density at radius 1 is 1.12 bits per heavy atom. The SMILES string of the molecule is C=C(CCC1=C(c2ccc(OC)cc2)CC(=O)CC1)CC(C)=C(C)C. The van der Waals surface area contributed by atoms with Crippen molar-refractivity contribution in [1.82, 2.24) is 0 Å². The highest BCUT2D eigenvalue weighted by Crippen LogP contribution is 2.35. The average Bonchev–Trinajstić information content (AvgIpc) is 2.60. The number of hydrogen-bond acceptors (Lipinski definition) is 2. The Kier molecular flexibility index (Phi) is 6.81. The molecule has 0 unspecified atom stereocenters. The summed E-state index contributed by atoms with van der Waals surface area (Å²) in [7, 11) is 1.67. The first-order chi connectivity index (χ1) is 11.9. The van der Waals surface area contributed by atoms with Crippen LogP contribution in [0.25, 0.3) is 5.57 Å². The van der Waals surface area contributed by atoms with Gasteiger partial charge >= 0.3 is 0 Å². The van der Waals surface area contributed by atoms with Crippen LogP contribution in [0.15, 0.2) is 53.1 Å². The van der Waals surface area contributed by atoms with Gasteiger partial charge in [-0.25, -0.2) is 0 Å². The van der Waals surface area contributed by atoms with Gasteiger partial charge in [-0.15, -0.1) is 0 Å².